The summed E-state index contributed by atoms with van der Waals surface area (Å²) in [6.07, 6.45) is 1.80. The van der Waals surface area contributed by atoms with Gasteiger partial charge in [0.1, 0.15) is 33.0 Å². The number of benzene rings is 1. The molecule has 3 heterocycles. The highest BCUT2D eigenvalue weighted by molar-refractivity contribution is 7.21. The Balaban J connectivity index is 2.02. The molecule has 0 aliphatic rings. The topological polar surface area (TPSA) is 165 Å². The van der Waals surface area contributed by atoms with Crippen LogP contribution in [0.2, 0.25) is 0 Å². The Bertz CT molecular complexity index is 1770. The van der Waals surface area contributed by atoms with Crippen LogP contribution in [0.3, 0.4) is 0 Å². The number of carbonyl (C=O) groups is 2. The van der Waals surface area contributed by atoms with Crippen molar-refractivity contribution < 1.29 is 23.5 Å². The van der Waals surface area contributed by atoms with E-state index in [1.807, 2.05) is 0 Å². The van der Waals surface area contributed by atoms with Crippen molar-refractivity contribution in [2.24, 2.45) is 5.73 Å². The minimum absolute atomic E-state index is 0.131. The van der Waals surface area contributed by atoms with Gasteiger partial charge in [-0.05, 0) is 52.8 Å². The molecule has 0 saturated carbocycles. The van der Waals surface area contributed by atoms with Crippen LogP contribution < -0.4 is 27.0 Å². The predicted octanol–water partition coefficient (Wildman–Crippen LogP) is 2.15. The smallest absolute Gasteiger partial charge is 0.333 e. The monoisotopic (exact) mass is 615 g/mol. The lowest BCUT2D eigenvalue weighted by molar-refractivity contribution is -0.129. The van der Waals surface area contributed by atoms with E-state index in [0.717, 1.165) is 15.9 Å². The molecule has 0 aliphatic carbocycles. The van der Waals surface area contributed by atoms with E-state index in [4.69, 9.17) is 15.2 Å². The fourth-order valence-corrected chi connectivity index (χ4v) is 5.93. The fourth-order valence-electron chi connectivity index (χ4n) is 4.71. The van der Waals surface area contributed by atoms with E-state index in [-0.39, 0.29) is 47.1 Å². The minimum atomic E-state index is -1.61. The van der Waals surface area contributed by atoms with Gasteiger partial charge in [0.15, 0.2) is 0 Å². The molecule has 0 bridgehead atoms. The standard InChI is InChI=1S/C28H34FN7O6S/c1-15(2)33-26(39)28(4,5)35-23(38)22-16(3)24(36-31-10-11-32-36)43-25(22)34(27(35)40)14-20(42-12-9-21(30)37)18-13-17(29)7-8-19(18)41-6/h7-8,10-11,13,15,20H,9,12,14H2,1-6H3,(H2,30,37)(H,33,39). The van der Waals surface area contributed by atoms with Crippen LogP contribution in [0.1, 0.15) is 51.3 Å². The number of amides is 2. The van der Waals surface area contributed by atoms with Gasteiger partial charge in [-0.1, -0.05) is 11.3 Å². The van der Waals surface area contributed by atoms with Gasteiger partial charge in [-0.2, -0.15) is 10.2 Å². The molecular formula is C28H34FN7O6S. The Morgan fingerprint density at radius 3 is 2.47 bits per heavy atom. The number of rotatable bonds is 12. The summed E-state index contributed by atoms with van der Waals surface area (Å²) in [7, 11) is 1.41. The lowest BCUT2D eigenvalue weighted by atomic mass is 10.0. The molecule has 0 aliphatic heterocycles. The van der Waals surface area contributed by atoms with Crippen LogP contribution in [0, 0.1) is 12.7 Å². The van der Waals surface area contributed by atoms with Gasteiger partial charge in [-0.3, -0.25) is 19.0 Å². The number of hydrogen-bond donors (Lipinski definition) is 2. The summed E-state index contributed by atoms with van der Waals surface area (Å²) in [5.41, 5.74) is 3.02. The van der Waals surface area contributed by atoms with Crippen molar-refractivity contribution >= 4 is 33.4 Å². The minimum Gasteiger partial charge on any atom is -0.496 e. The molecule has 13 nitrogen and oxygen atoms in total. The summed E-state index contributed by atoms with van der Waals surface area (Å²) >= 11 is 1.11. The SMILES string of the molecule is COc1ccc(F)cc1C(Cn1c(=O)n(C(C)(C)C(=O)NC(C)C)c(=O)c2c(C)c(-n3nccn3)sc21)OCCC(N)=O. The number of nitrogens with two attached hydrogens (primary N) is 1. The molecule has 0 spiro atoms. The maximum atomic E-state index is 14.5. The Morgan fingerprint density at radius 1 is 1.19 bits per heavy atom. The van der Waals surface area contributed by atoms with Crippen molar-refractivity contribution in [2.75, 3.05) is 13.7 Å². The fraction of sp³-hybridized carbons (Fsp3) is 0.429. The van der Waals surface area contributed by atoms with E-state index in [1.165, 1.54) is 60.9 Å². The molecule has 0 saturated heterocycles. The third-order valence-electron chi connectivity index (χ3n) is 6.88. The molecule has 3 aromatic heterocycles. The average Bonchev–Trinajstić information content (AvgIpc) is 3.57. The Hall–Kier alpha value is -4.37. The lowest BCUT2D eigenvalue weighted by Gasteiger charge is -2.28. The molecule has 1 unspecified atom stereocenters. The van der Waals surface area contributed by atoms with Crippen molar-refractivity contribution in [1.82, 2.24) is 29.4 Å². The number of nitrogens with one attached hydrogen (secondary N) is 1. The molecule has 4 aromatic rings. The number of nitrogens with zero attached hydrogens (tertiary/aromatic N) is 5. The van der Waals surface area contributed by atoms with Crippen molar-refractivity contribution in [1.29, 1.82) is 0 Å². The highest BCUT2D eigenvalue weighted by Gasteiger charge is 2.36. The van der Waals surface area contributed by atoms with Crippen molar-refractivity contribution in [3.8, 4) is 10.8 Å². The molecule has 1 aromatic carbocycles. The van der Waals surface area contributed by atoms with E-state index < -0.39 is 40.5 Å². The van der Waals surface area contributed by atoms with Crippen LogP contribution in [0.4, 0.5) is 4.39 Å². The number of aromatic nitrogens is 5. The first-order valence-corrected chi connectivity index (χ1v) is 14.3. The highest BCUT2D eigenvalue weighted by atomic mass is 32.1. The molecule has 1 atom stereocenters. The number of hydrogen-bond acceptors (Lipinski definition) is 9. The maximum Gasteiger partial charge on any atom is 0.333 e. The largest absolute Gasteiger partial charge is 0.496 e. The average molecular weight is 616 g/mol. The number of carbonyl (C=O) groups excluding carboxylic acids is 2. The summed E-state index contributed by atoms with van der Waals surface area (Å²) in [4.78, 5) is 54.8. The Morgan fingerprint density at radius 2 is 1.86 bits per heavy atom. The third-order valence-corrected chi connectivity index (χ3v) is 8.16. The zero-order chi connectivity index (χ0) is 31.6. The first-order chi connectivity index (χ1) is 20.3. The number of ether oxygens (including phenoxy) is 2. The summed E-state index contributed by atoms with van der Waals surface area (Å²) in [6.45, 7) is 7.84. The number of halogens is 1. The molecule has 15 heteroatoms. The van der Waals surface area contributed by atoms with Gasteiger partial charge in [0.05, 0.1) is 38.0 Å². The second-order valence-electron chi connectivity index (χ2n) is 10.7. The second kappa shape index (κ2) is 12.5. The van der Waals surface area contributed by atoms with Gasteiger partial charge < -0.3 is 20.5 Å². The molecule has 230 valence electrons. The zero-order valence-corrected chi connectivity index (χ0v) is 25.5. The van der Waals surface area contributed by atoms with Crippen LogP contribution in [-0.2, 0) is 26.4 Å². The maximum absolute atomic E-state index is 14.5. The van der Waals surface area contributed by atoms with E-state index in [0.29, 0.717) is 10.6 Å². The molecule has 3 N–H and O–H groups in total. The number of methoxy groups -OCH3 is 1. The van der Waals surface area contributed by atoms with E-state index in [1.54, 1.807) is 20.8 Å². The zero-order valence-electron chi connectivity index (χ0n) is 24.7. The highest BCUT2D eigenvalue weighted by Crippen LogP contribution is 2.34. The van der Waals surface area contributed by atoms with Crippen molar-refractivity contribution in [3.05, 3.63) is 68.4 Å². The Labute approximate surface area is 250 Å². The van der Waals surface area contributed by atoms with Gasteiger partial charge in [-0.25, -0.2) is 13.8 Å². The van der Waals surface area contributed by atoms with Gasteiger partial charge in [0.2, 0.25) is 11.8 Å². The Kier molecular flexibility index (Phi) is 9.15. The molecule has 2 amide bonds. The van der Waals surface area contributed by atoms with E-state index in [9.17, 15) is 23.6 Å². The predicted molar refractivity (Wildman–Crippen MR) is 158 cm³/mol. The van der Waals surface area contributed by atoms with Crippen LogP contribution in [0.25, 0.3) is 15.2 Å². The number of fused-ring (bicyclic) bond motifs is 1. The van der Waals surface area contributed by atoms with Crippen molar-refractivity contribution in [2.45, 2.75) is 65.3 Å². The molecule has 43 heavy (non-hydrogen) atoms. The van der Waals surface area contributed by atoms with Crippen LogP contribution >= 0.6 is 11.3 Å². The summed E-state index contributed by atoms with van der Waals surface area (Å²) in [5.74, 6) is -1.44. The first kappa shape index (κ1) is 31.6. The molecule has 4 rings (SSSR count). The molecular weight excluding hydrogens is 581 g/mol. The molecule has 0 fully saturated rings. The number of aryl methyl sites for hydroxylation is 1. The van der Waals surface area contributed by atoms with Crippen LogP contribution in [0.5, 0.6) is 5.75 Å². The third kappa shape index (κ3) is 6.22. The summed E-state index contributed by atoms with van der Waals surface area (Å²) in [6, 6.07) is 3.60. The van der Waals surface area contributed by atoms with Crippen LogP contribution in [0.15, 0.2) is 40.2 Å². The lowest BCUT2D eigenvalue weighted by Crippen LogP contribution is -2.56. The van der Waals surface area contributed by atoms with Crippen LogP contribution in [-0.4, -0.2) is 55.7 Å². The van der Waals surface area contributed by atoms with Gasteiger partial charge in [0.25, 0.3) is 5.56 Å². The van der Waals surface area contributed by atoms with E-state index in [2.05, 4.69) is 15.5 Å². The van der Waals surface area contributed by atoms with Gasteiger partial charge in [0, 0.05) is 23.6 Å². The van der Waals surface area contributed by atoms with Gasteiger partial charge >= 0.3 is 5.69 Å². The molecule has 0 radical (unpaired) electrons. The van der Waals surface area contributed by atoms with Crippen molar-refractivity contribution in [3.63, 3.8) is 0 Å². The first-order valence-electron chi connectivity index (χ1n) is 13.5. The van der Waals surface area contributed by atoms with Gasteiger partial charge in [-0.15, -0.1) is 4.80 Å². The van der Waals surface area contributed by atoms with E-state index >= 15 is 0 Å². The number of thiophene rings is 1. The summed E-state index contributed by atoms with van der Waals surface area (Å²) in [5, 5.41) is 11.8. The normalized spacial score (nSPS) is 12.6. The second-order valence-corrected chi connectivity index (χ2v) is 11.7. The number of primary amides is 1. The summed E-state index contributed by atoms with van der Waals surface area (Å²) < 4.78 is 28.2. The quantitative estimate of drug-likeness (QED) is 0.245.